The fourth-order valence-corrected chi connectivity index (χ4v) is 1.85. The monoisotopic (exact) mass is 286 g/mol. The third-order valence-electron chi connectivity index (χ3n) is 2.64. The highest BCUT2D eigenvalue weighted by Gasteiger charge is 2.10. The van der Waals surface area contributed by atoms with Gasteiger partial charge in [-0.3, -0.25) is 9.59 Å². The van der Waals surface area contributed by atoms with Crippen LogP contribution in [0.2, 0.25) is 0 Å². The Balaban J connectivity index is 2.01. The molecule has 2 aromatic rings. The smallest absolute Gasteiger partial charge is 0.290 e. The fourth-order valence-electron chi connectivity index (χ4n) is 1.85. The van der Waals surface area contributed by atoms with Crippen LogP contribution in [0.25, 0.3) is 0 Å². The molecular formula is C15H16N3O3+. The van der Waals surface area contributed by atoms with Crippen LogP contribution in [0, 0.1) is 0 Å². The molecule has 2 rings (SSSR count). The van der Waals surface area contributed by atoms with Crippen molar-refractivity contribution in [1.29, 1.82) is 0 Å². The van der Waals surface area contributed by atoms with Gasteiger partial charge in [-0.2, -0.15) is 4.57 Å². The van der Waals surface area contributed by atoms with Crippen LogP contribution in [-0.2, 0) is 16.1 Å². The fraction of sp³-hybridized carbons (Fsp3) is 0.133. The minimum atomic E-state index is -0.231. The van der Waals surface area contributed by atoms with Crippen LogP contribution in [0.4, 0.5) is 11.4 Å². The zero-order valence-electron chi connectivity index (χ0n) is 11.5. The van der Waals surface area contributed by atoms with Gasteiger partial charge < -0.3 is 15.7 Å². The second-order valence-electron chi connectivity index (χ2n) is 4.54. The van der Waals surface area contributed by atoms with Crippen molar-refractivity contribution in [3.05, 3.63) is 48.8 Å². The summed E-state index contributed by atoms with van der Waals surface area (Å²) in [5.41, 5.74) is 1.21. The first-order valence-corrected chi connectivity index (χ1v) is 6.38. The maximum Gasteiger partial charge on any atom is 0.290 e. The van der Waals surface area contributed by atoms with Crippen molar-refractivity contribution < 1.29 is 19.3 Å². The molecule has 108 valence electrons. The van der Waals surface area contributed by atoms with E-state index in [9.17, 15) is 14.7 Å². The molecule has 1 aromatic heterocycles. The molecule has 0 radical (unpaired) electrons. The van der Waals surface area contributed by atoms with E-state index in [1.807, 2.05) is 0 Å². The predicted molar refractivity (Wildman–Crippen MR) is 77.7 cm³/mol. The number of nitrogens with zero attached hydrogens (tertiary/aromatic N) is 1. The minimum Gasteiger partial charge on any atom is -0.503 e. The van der Waals surface area contributed by atoms with Crippen molar-refractivity contribution in [2.24, 2.45) is 0 Å². The van der Waals surface area contributed by atoms with Crippen molar-refractivity contribution in [1.82, 2.24) is 0 Å². The van der Waals surface area contributed by atoms with Crippen LogP contribution >= 0.6 is 0 Å². The van der Waals surface area contributed by atoms with Gasteiger partial charge in [0.1, 0.15) is 0 Å². The zero-order chi connectivity index (χ0) is 15.2. The first-order chi connectivity index (χ1) is 10.0. The number of aromatic nitrogens is 1. The van der Waals surface area contributed by atoms with Gasteiger partial charge in [-0.05, 0) is 24.3 Å². The third kappa shape index (κ3) is 4.61. The number of anilines is 2. The lowest BCUT2D eigenvalue weighted by molar-refractivity contribution is -0.684. The molecule has 2 amide bonds. The van der Waals surface area contributed by atoms with Crippen LogP contribution in [0.3, 0.4) is 0 Å². The Kier molecular flexibility index (Phi) is 4.50. The highest BCUT2D eigenvalue weighted by molar-refractivity contribution is 5.92. The van der Waals surface area contributed by atoms with E-state index in [2.05, 4.69) is 10.6 Å². The molecule has 0 aliphatic rings. The van der Waals surface area contributed by atoms with Crippen molar-refractivity contribution >= 4 is 23.2 Å². The molecule has 21 heavy (non-hydrogen) atoms. The Bertz CT molecular complexity index is 671. The van der Waals surface area contributed by atoms with Gasteiger partial charge in [0.05, 0.1) is 0 Å². The number of amides is 2. The minimum absolute atomic E-state index is 0.0821. The van der Waals surface area contributed by atoms with Gasteiger partial charge in [-0.15, -0.1) is 0 Å². The molecule has 1 aromatic carbocycles. The van der Waals surface area contributed by atoms with E-state index in [0.29, 0.717) is 11.4 Å². The summed E-state index contributed by atoms with van der Waals surface area (Å²) in [7, 11) is 0. The molecule has 1 heterocycles. The van der Waals surface area contributed by atoms with Gasteiger partial charge >= 0.3 is 0 Å². The van der Waals surface area contributed by atoms with Crippen molar-refractivity contribution in [3.63, 3.8) is 0 Å². The lowest BCUT2D eigenvalue weighted by atomic mass is 10.2. The number of hydrogen-bond acceptors (Lipinski definition) is 3. The highest BCUT2D eigenvalue weighted by atomic mass is 16.3. The molecule has 0 bridgehead atoms. The summed E-state index contributed by atoms with van der Waals surface area (Å²) in [6.07, 6.45) is 3.15. The molecule has 3 N–H and O–H groups in total. The molecule has 0 atom stereocenters. The standard InChI is InChI=1S/C15H15N3O3/c1-11(19)16-12-4-2-5-13(8-12)17-15(21)10-18-7-3-6-14(20)9-18/h2-9H,10H2,1H3,(H2-,16,17,19,20,21)/p+1. The average Bonchev–Trinajstić information content (AvgIpc) is 2.37. The number of aromatic hydroxyl groups is 1. The molecule has 0 aliphatic heterocycles. The van der Waals surface area contributed by atoms with Gasteiger partial charge in [-0.1, -0.05) is 6.07 Å². The Morgan fingerprint density at radius 1 is 1.14 bits per heavy atom. The molecule has 0 unspecified atom stereocenters. The van der Waals surface area contributed by atoms with E-state index in [4.69, 9.17) is 0 Å². The van der Waals surface area contributed by atoms with Gasteiger partial charge in [0, 0.05) is 24.4 Å². The number of carbonyl (C=O) groups excluding carboxylic acids is 2. The number of hydrogen-bond donors (Lipinski definition) is 3. The van der Waals surface area contributed by atoms with Crippen molar-refractivity contribution in [2.75, 3.05) is 10.6 Å². The van der Waals surface area contributed by atoms with Crippen LogP contribution in [0.5, 0.6) is 5.75 Å². The second kappa shape index (κ2) is 6.51. The molecule has 0 saturated carbocycles. The largest absolute Gasteiger partial charge is 0.503 e. The quantitative estimate of drug-likeness (QED) is 0.740. The van der Waals surface area contributed by atoms with Crippen LogP contribution in [0.1, 0.15) is 6.92 Å². The van der Waals surface area contributed by atoms with Gasteiger partial charge in [-0.25, -0.2) is 0 Å². The predicted octanol–water partition coefficient (Wildman–Crippen LogP) is 1.28. The number of nitrogens with one attached hydrogen (secondary N) is 2. The number of rotatable bonds is 4. The summed E-state index contributed by atoms with van der Waals surface area (Å²) in [6, 6.07) is 10.1. The lowest BCUT2D eigenvalue weighted by Crippen LogP contribution is -2.39. The molecule has 6 heteroatoms. The zero-order valence-corrected chi connectivity index (χ0v) is 11.5. The third-order valence-corrected chi connectivity index (χ3v) is 2.64. The second-order valence-corrected chi connectivity index (χ2v) is 4.54. The summed E-state index contributed by atoms with van der Waals surface area (Å²) in [4.78, 5) is 22.9. The van der Waals surface area contributed by atoms with Crippen LogP contribution < -0.4 is 15.2 Å². The highest BCUT2D eigenvalue weighted by Crippen LogP contribution is 2.14. The van der Waals surface area contributed by atoms with Gasteiger partial charge in [0.25, 0.3) is 5.91 Å². The van der Waals surface area contributed by atoms with E-state index in [1.54, 1.807) is 41.1 Å². The Morgan fingerprint density at radius 2 is 1.86 bits per heavy atom. The summed E-state index contributed by atoms with van der Waals surface area (Å²) in [5, 5.41) is 14.7. The SMILES string of the molecule is CC(=O)Nc1cccc(NC(=O)C[n+]2cccc(O)c2)c1. The number of benzene rings is 1. The van der Waals surface area contributed by atoms with Gasteiger partial charge in [0.15, 0.2) is 11.9 Å². The Hall–Kier alpha value is -2.89. The first kappa shape index (κ1) is 14.5. The summed E-state index contributed by atoms with van der Waals surface area (Å²) < 4.78 is 1.57. The van der Waals surface area contributed by atoms with E-state index in [0.717, 1.165) is 0 Å². The average molecular weight is 286 g/mol. The normalized spacial score (nSPS) is 9.95. The van der Waals surface area contributed by atoms with E-state index in [1.165, 1.54) is 19.2 Å². The van der Waals surface area contributed by atoms with Gasteiger partial charge in [0.2, 0.25) is 18.6 Å². The molecule has 0 spiro atoms. The molecule has 0 fully saturated rings. The summed E-state index contributed by atoms with van der Waals surface area (Å²) in [5.74, 6) is -0.308. The maximum absolute atomic E-state index is 11.9. The molecule has 6 nitrogen and oxygen atoms in total. The van der Waals surface area contributed by atoms with E-state index < -0.39 is 0 Å². The van der Waals surface area contributed by atoms with Crippen LogP contribution in [0.15, 0.2) is 48.8 Å². The summed E-state index contributed by atoms with van der Waals surface area (Å²) >= 11 is 0. The molecule has 0 aliphatic carbocycles. The number of carbonyl (C=O) groups is 2. The Labute approximate surface area is 122 Å². The lowest BCUT2D eigenvalue weighted by Gasteiger charge is -2.06. The van der Waals surface area contributed by atoms with E-state index in [-0.39, 0.29) is 24.1 Å². The molecule has 0 saturated heterocycles. The summed E-state index contributed by atoms with van der Waals surface area (Å²) in [6.45, 7) is 1.50. The van der Waals surface area contributed by atoms with Crippen molar-refractivity contribution in [3.8, 4) is 5.75 Å². The Morgan fingerprint density at radius 3 is 2.52 bits per heavy atom. The van der Waals surface area contributed by atoms with Crippen LogP contribution in [-0.4, -0.2) is 16.9 Å². The van der Waals surface area contributed by atoms with E-state index >= 15 is 0 Å². The maximum atomic E-state index is 11.9. The molecular weight excluding hydrogens is 270 g/mol. The van der Waals surface area contributed by atoms with Crippen molar-refractivity contribution in [2.45, 2.75) is 13.5 Å². The topological polar surface area (TPSA) is 82.3 Å². The number of pyridine rings is 1. The first-order valence-electron chi connectivity index (χ1n) is 6.38.